The van der Waals surface area contributed by atoms with Gasteiger partial charge in [0.1, 0.15) is 5.82 Å². The molecule has 1 heterocycles. The molecule has 4 rings (SSSR count). The van der Waals surface area contributed by atoms with Crippen molar-refractivity contribution in [2.45, 2.75) is 25.3 Å². The number of hydrogen-bond acceptors (Lipinski definition) is 2. The highest BCUT2D eigenvalue weighted by molar-refractivity contribution is 9.10. The maximum Gasteiger partial charge on any atom is 0.199 e. The predicted molar refractivity (Wildman–Crippen MR) is 97.6 cm³/mol. The second kappa shape index (κ2) is 5.63. The van der Waals surface area contributed by atoms with Crippen LogP contribution in [0.4, 0.5) is 4.39 Å². The second-order valence-electron chi connectivity index (χ2n) is 6.39. The molecule has 0 unspecified atom stereocenters. The fourth-order valence-corrected chi connectivity index (χ4v) is 4.32. The predicted octanol–water partition coefficient (Wildman–Crippen LogP) is 4.91. The molecule has 0 saturated carbocycles. The lowest BCUT2D eigenvalue weighted by atomic mass is 9.88. The van der Waals surface area contributed by atoms with Gasteiger partial charge in [0.15, 0.2) is 11.8 Å². The molecule has 0 radical (unpaired) electrons. The number of aromatic nitrogens is 1. The van der Waals surface area contributed by atoms with Crippen molar-refractivity contribution in [3.8, 4) is 11.8 Å². The first-order valence-corrected chi connectivity index (χ1v) is 8.94. The zero-order chi connectivity index (χ0) is 17.8. The van der Waals surface area contributed by atoms with Gasteiger partial charge in [0.25, 0.3) is 0 Å². The maximum atomic E-state index is 13.9. The topological polar surface area (TPSA) is 45.4 Å². The van der Waals surface area contributed by atoms with E-state index < -0.39 is 5.41 Å². The summed E-state index contributed by atoms with van der Waals surface area (Å²) >= 11 is 3.32. The van der Waals surface area contributed by atoms with Gasteiger partial charge >= 0.3 is 0 Å². The quantitative estimate of drug-likeness (QED) is 0.652. The van der Waals surface area contributed by atoms with Crippen molar-refractivity contribution < 1.29 is 14.6 Å². The van der Waals surface area contributed by atoms with Crippen LogP contribution in [-0.2, 0) is 12.0 Å². The Kier molecular flexibility index (Phi) is 3.65. The van der Waals surface area contributed by atoms with Crippen LogP contribution in [0, 0.1) is 5.82 Å². The number of hydrogen-bond donors (Lipinski definition) is 2. The molecular weight excluding hydrogens is 385 g/mol. The van der Waals surface area contributed by atoms with Gasteiger partial charge in [0.05, 0.1) is 12.0 Å². The minimum atomic E-state index is -0.605. The minimum absolute atomic E-state index is 0.0542. The molecule has 128 valence electrons. The van der Waals surface area contributed by atoms with Crippen molar-refractivity contribution >= 4 is 15.9 Å². The van der Waals surface area contributed by atoms with Crippen LogP contribution < -0.4 is 0 Å². The molecule has 0 saturated heterocycles. The number of rotatable bonds is 4. The van der Waals surface area contributed by atoms with Gasteiger partial charge < -0.3 is 10.2 Å². The van der Waals surface area contributed by atoms with Crippen molar-refractivity contribution in [3.63, 3.8) is 0 Å². The Hall–Kier alpha value is -2.27. The van der Waals surface area contributed by atoms with E-state index >= 15 is 0 Å². The van der Waals surface area contributed by atoms with Gasteiger partial charge in [-0.15, -0.1) is 0 Å². The lowest BCUT2D eigenvalue weighted by molar-refractivity contribution is 0.362. The summed E-state index contributed by atoms with van der Waals surface area (Å²) in [6, 6.07) is 14.3. The molecule has 1 aromatic heterocycles. The smallest absolute Gasteiger partial charge is 0.199 e. The Bertz CT molecular complexity index is 918. The summed E-state index contributed by atoms with van der Waals surface area (Å²) in [4.78, 5) is 0. The number of nitrogens with zero attached hydrogens (tertiary/aromatic N) is 1. The summed E-state index contributed by atoms with van der Waals surface area (Å²) in [6.07, 6.45) is 0.640. The highest BCUT2D eigenvalue weighted by Crippen LogP contribution is 2.66. The lowest BCUT2D eigenvalue weighted by Crippen LogP contribution is -2.13. The van der Waals surface area contributed by atoms with Crippen LogP contribution in [0.5, 0.6) is 11.8 Å². The molecule has 3 aromatic rings. The van der Waals surface area contributed by atoms with E-state index in [2.05, 4.69) is 15.9 Å². The van der Waals surface area contributed by atoms with Crippen molar-refractivity contribution in [3.05, 3.63) is 81.1 Å². The number of halogens is 2. The van der Waals surface area contributed by atoms with Gasteiger partial charge in [0, 0.05) is 15.6 Å². The van der Waals surface area contributed by atoms with E-state index in [0.29, 0.717) is 28.6 Å². The van der Waals surface area contributed by atoms with E-state index in [4.69, 9.17) is 0 Å². The molecule has 0 fully saturated rings. The molecule has 0 aliphatic heterocycles. The van der Waals surface area contributed by atoms with Crippen LogP contribution in [0.25, 0.3) is 0 Å². The van der Waals surface area contributed by atoms with Gasteiger partial charge in [-0.2, -0.15) is 0 Å². The first-order valence-electron chi connectivity index (χ1n) is 8.15. The van der Waals surface area contributed by atoms with E-state index in [0.717, 1.165) is 11.1 Å². The Balaban J connectivity index is 1.77. The molecule has 2 aromatic carbocycles. The highest BCUT2D eigenvalue weighted by Gasteiger charge is 2.58. The third kappa shape index (κ3) is 2.29. The Labute approximate surface area is 153 Å². The molecule has 0 spiro atoms. The average Bonchev–Trinajstić information content (AvgIpc) is 3.22. The van der Waals surface area contributed by atoms with Gasteiger partial charge in [0.2, 0.25) is 0 Å². The molecule has 5 heteroatoms. The molecule has 2 N–H and O–H groups in total. The fraction of sp³-hybridized carbons (Fsp3) is 0.200. The molecule has 0 amide bonds. The first-order chi connectivity index (χ1) is 12.0. The number of fused-ring (bicyclic) bond motifs is 1. The monoisotopic (exact) mass is 401 g/mol. The van der Waals surface area contributed by atoms with Crippen molar-refractivity contribution in [1.82, 2.24) is 4.57 Å². The van der Waals surface area contributed by atoms with Gasteiger partial charge in [-0.1, -0.05) is 53.2 Å². The summed E-state index contributed by atoms with van der Waals surface area (Å²) in [5, 5.41) is 21.4. The van der Waals surface area contributed by atoms with Crippen LogP contribution in [-0.4, -0.2) is 14.8 Å². The van der Waals surface area contributed by atoms with Crippen molar-refractivity contribution in [1.29, 1.82) is 0 Å². The molecule has 1 aliphatic rings. The second-order valence-corrected chi connectivity index (χ2v) is 7.30. The highest BCUT2D eigenvalue weighted by atomic mass is 79.9. The standard InChI is InChI=1S/C20H17BrFNO2/c1-2-20(13-8-14(21)10-15(22)9-13)16-17(20)19(25)23(18(16)24)11-12-6-4-3-5-7-12/h3-10,24-25H,2,11H2,1H3. The molecule has 1 aliphatic carbocycles. The zero-order valence-corrected chi connectivity index (χ0v) is 15.2. The summed E-state index contributed by atoms with van der Waals surface area (Å²) in [6.45, 7) is 2.36. The van der Waals surface area contributed by atoms with Crippen molar-refractivity contribution in [2.24, 2.45) is 0 Å². The SMILES string of the molecule is CCC1(c2cc(F)cc(Br)c2)c2c1c(O)n(Cc1ccccc1)c2O. The van der Waals surface area contributed by atoms with E-state index in [9.17, 15) is 14.6 Å². The van der Waals surface area contributed by atoms with Crippen LogP contribution >= 0.6 is 15.9 Å². The Morgan fingerprint density at radius 3 is 2.24 bits per heavy atom. The van der Waals surface area contributed by atoms with Crippen molar-refractivity contribution in [2.75, 3.05) is 0 Å². The van der Waals surface area contributed by atoms with Crippen LogP contribution in [0.3, 0.4) is 0 Å². The van der Waals surface area contributed by atoms with Gasteiger partial charge in [-0.3, -0.25) is 4.57 Å². The van der Waals surface area contributed by atoms with E-state index in [1.165, 1.54) is 16.7 Å². The summed E-state index contributed by atoms with van der Waals surface area (Å²) in [5.74, 6) is -0.235. The molecular formula is C20H17BrFNO2. The summed E-state index contributed by atoms with van der Waals surface area (Å²) in [7, 11) is 0. The molecule has 0 atom stereocenters. The Morgan fingerprint density at radius 1 is 1.04 bits per heavy atom. The Morgan fingerprint density at radius 2 is 1.68 bits per heavy atom. The van der Waals surface area contributed by atoms with E-state index in [1.807, 2.05) is 43.3 Å². The summed E-state index contributed by atoms with van der Waals surface area (Å²) < 4.78 is 16.0. The molecule has 25 heavy (non-hydrogen) atoms. The minimum Gasteiger partial charge on any atom is -0.494 e. The summed E-state index contributed by atoms with van der Waals surface area (Å²) in [5.41, 5.74) is 2.51. The van der Waals surface area contributed by atoms with Gasteiger partial charge in [-0.05, 0) is 35.7 Å². The zero-order valence-electron chi connectivity index (χ0n) is 13.6. The third-order valence-electron chi connectivity index (χ3n) is 5.07. The molecule has 3 nitrogen and oxygen atoms in total. The third-order valence-corrected chi connectivity index (χ3v) is 5.53. The van der Waals surface area contributed by atoms with Gasteiger partial charge in [-0.25, -0.2) is 4.39 Å². The van der Waals surface area contributed by atoms with Crippen LogP contribution in [0.1, 0.15) is 35.6 Å². The van der Waals surface area contributed by atoms with Crippen LogP contribution in [0.15, 0.2) is 53.0 Å². The normalized spacial score (nSPS) is 14.4. The largest absolute Gasteiger partial charge is 0.494 e. The van der Waals surface area contributed by atoms with Crippen LogP contribution in [0.2, 0.25) is 0 Å². The maximum absolute atomic E-state index is 13.9. The fourth-order valence-electron chi connectivity index (χ4n) is 3.86. The molecule has 0 bridgehead atoms. The first kappa shape index (κ1) is 16.2. The average molecular weight is 402 g/mol. The number of benzene rings is 2. The lowest BCUT2D eigenvalue weighted by Gasteiger charge is -2.20. The van der Waals surface area contributed by atoms with E-state index in [1.54, 1.807) is 0 Å². The van der Waals surface area contributed by atoms with E-state index in [-0.39, 0.29) is 17.6 Å². The number of aromatic hydroxyl groups is 2.